The molecule has 32 heavy (non-hydrogen) atoms. The normalized spacial score (nSPS) is 14.5. The van der Waals surface area contributed by atoms with Gasteiger partial charge in [0, 0.05) is 6.42 Å². The maximum atomic E-state index is 12.4. The van der Waals surface area contributed by atoms with Crippen LogP contribution in [0.1, 0.15) is 31.7 Å². The quantitative estimate of drug-likeness (QED) is 0.161. The minimum Gasteiger partial charge on any atom is -0.480 e. The minimum absolute atomic E-state index is 0.0303. The van der Waals surface area contributed by atoms with Crippen molar-refractivity contribution in [1.29, 1.82) is 0 Å². The van der Waals surface area contributed by atoms with E-state index in [0.29, 0.717) is 24.9 Å². The van der Waals surface area contributed by atoms with Gasteiger partial charge >= 0.3 is 5.97 Å². The van der Waals surface area contributed by atoms with Crippen LogP contribution in [0.25, 0.3) is 0 Å². The molecular formula is C21H33N5O6. The number of carboxylic acids is 1. The lowest BCUT2D eigenvalue weighted by Gasteiger charge is -2.22. The third kappa shape index (κ3) is 9.41. The number of carbonyl (C=O) groups is 4. The third-order valence-corrected chi connectivity index (χ3v) is 4.77. The number of nitrogens with two attached hydrogens (primary N) is 2. The highest BCUT2D eigenvalue weighted by molar-refractivity contribution is 5.94. The molecule has 0 fully saturated rings. The summed E-state index contributed by atoms with van der Waals surface area (Å²) in [7, 11) is 0. The van der Waals surface area contributed by atoms with Crippen LogP contribution in [0.3, 0.4) is 0 Å². The molecule has 0 saturated heterocycles. The van der Waals surface area contributed by atoms with Crippen LogP contribution in [0.5, 0.6) is 0 Å². The molecule has 0 bridgehead atoms. The van der Waals surface area contributed by atoms with Crippen molar-refractivity contribution < 1.29 is 29.4 Å². The molecule has 9 N–H and O–H groups in total. The molecule has 3 amide bonds. The summed E-state index contributed by atoms with van der Waals surface area (Å²) in [6.45, 7) is 1.14. The Kier molecular flexibility index (Phi) is 11.9. The van der Waals surface area contributed by atoms with Gasteiger partial charge in [-0.2, -0.15) is 0 Å². The average molecular weight is 452 g/mol. The molecule has 11 heteroatoms. The predicted molar refractivity (Wildman–Crippen MR) is 117 cm³/mol. The van der Waals surface area contributed by atoms with E-state index >= 15 is 0 Å². The summed E-state index contributed by atoms with van der Waals surface area (Å²) in [6.07, 6.45) is 1.84. The van der Waals surface area contributed by atoms with E-state index in [1.165, 1.54) is 6.92 Å². The smallest absolute Gasteiger partial charge is 0.326 e. The summed E-state index contributed by atoms with van der Waals surface area (Å²) in [6, 6.07) is 4.24. The molecule has 0 aliphatic carbocycles. The van der Waals surface area contributed by atoms with Crippen LogP contribution < -0.4 is 27.4 Å². The Morgan fingerprint density at radius 3 is 2.12 bits per heavy atom. The Bertz CT molecular complexity index is 760. The number of rotatable bonds is 14. The molecule has 1 aromatic carbocycles. The topological polar surface area (TPSA) is 197 Å². The van der Waals surface area contributed by atoms with Gasteiger partial charge < -0.3 is 37.6 Å². The van der Waals surface area contributed by atoms with Crippen LogP contribution in [0, 0.1) is 0 Å². The van der Waals surface area contributed by atoms with E-state index in [1.54, 1.807) is 30.3 Å². The summed E-state index contributed by atoms with van der Waals surface area (Å²) in [4.78, 5) is 48.4. The van der Waals surface area contributed by atoms with E-state index < -0.39 is 54.5 Å². The molecule has 0 spiro atoms. The van der Waals surface area contributed by atoms with Gasteiger partial charge in [-0.1, -0.05) is 36.8 Å². The largest absolute Gasteiger partial charge is 0.480 e. The van der Waals surface area contributed by atoms with Crippen LogP contribution in [0.2, 0.25) is 0 Å². The predicted octanol–water partition coefficient (Wildman–Crippen LogP) is -1.76. The molecule has 178 valence electrons. The van der Waals surface area contributed by atoms with Crippen molar-refractivity contribution in [3.8, 4) is 0 Å². The number of aliphatic carboxylic acids is 1. The fraction of sp³-hybridized carbons (Fsp3) is 0.524. The van der Waals surface area contributed by atoms with Gasteiger partial charge in [0.1, 0.15) is 18.1 Å². The Labute approximate surface area is 186 Å². The van der Waals surface area contributed by atoms with Crippen molar-refractivity contribution in [3.05, 3.63) is 35.9 Å². The molecular weight excluding hydrogens is 418 g/mol. The molecule has 0 saturated carbocycles. The molecule has 0 aromatic heterocycles. The standard InChI is InChI=1S/C21H33N5O6/c1-13(24-19(29)15(23)9-5-6-10-22)18(28)26-17(12-27)20(30)25-16(21(31)32)11-14-7-3-2-4-8-14/h2-4,7-8,13,15-17,27H,5-6,9-12,22-23H2,1H3,(H,24,29)(H,25,30)(H,26,28)(H,31,32). The Morgan fingerprint density at radius 1 is 0.938 bits per heavy atom. The first kappa shape index (κ1) is 27.0. The minimum atomic E-state index is -1.39. The summed E-state index contributed by atoms with van der Waals surface area (Å²) >= 11 is 0. The number of nitrogens with one attached hydrogen (secondary N) is 3. The maximum absolute atomic E-state index is 12.4. The van der Waals surface area contributed by atoms with Gasteiger partial charge in [0.05, 0.1) is 12.6 Å². The molecule has 0 heterocycles. The van der Waals surface area contributed by atoms with Gasteiger partial charge in [-0.25, -0.2) is 4.79 Å². The van der Waals surface area contributed by atoms with Gasteiger partial charge in [0.2, 0.25) is 17.7 Å². The number of carbonyl (C=O) groups excluding carboxylic acids is 3. The second-order valence-corrected chi connectivity index (χ2v) is 7.45. The summed E-state index contributed by atoms with van der Waals surface area (Å²) in [5.41, 5.74) is 11.9. The van der Waals surface area contributed by atoms with Crippen molar-refractivity contribution in [1.82, 2.24) is 16.0 Å². The lowest BCUT2D eigenvalue weighted by molar-refractivity contribution is -0.142. The number of carboxylic acid groups (broad SMARTS) is 1. The molecule has 0 aliphatic rings. The molecule has 11 nitrogen and oxygen atoms in total. The van der Waals surface area contributed by atoms with E-state index in [0.717, 1.165) is 6.42 Å². The number of aliphatic hydroxyl groups excluding tert-OH is 1. The second kappa shape index (κ2) is 14.1. The fourth-order valence-electron chi connectivity index (χ4n) is 2.84. The van der Waals surface area contributed by atoms with E-state index in [4.69, 9.17) is 11.5 Å². The highest BCUT2D eigenvalue weighted by Gasteiger charge is 2.28. The van der Waals surface area contributed by atoms with Crippen LogP contribution >= 0.6 is 0 Å². The Morgan fingerprint density at radius 2 is 1.56 bits per heavy atom. The van der Waals surface area contributed by atoms with Crippen LogP contribution in [-0.4, -0.2) is 71.2 Å². The van der Waals surface area contributed by atoms with Crippen molar-refractivity contribution >= 4 is 23.7 Å². The van der Waals surface area contributed by atoms with Gasteiger partial charge in [0.15, 0.2) is 0 Å². The van der Waals surface area contributed by atoms with Gasteiger partial charge in [-0.3, -0.25) is 14.4 Å². The molecule has 0 aliphatic heterocycles. The lowest BCUT2D eigenvalue weighted by Crippen LogP contribution is -2.57. The van der Waals surface area contributed by atoms with E-state index in [9.17, 15) is 29.4 Å². The highest BCUT2D eigenvalue weighted by atomic mass is 16.4. The first-order valence-electron chi connectivity index (χ1n) is 10.4. The molecule has 1 aromatic rings. The molecule has 1 rings (SSSR count). The maximum Gasteiger partial charge on any atom is 0.326 e. The average Bonchev–Trinajstić information content (AvgIpc) is 2.77. The summed E-state index contributed by atoms with van der Waals surface area (Å²) < 4.78 is 0. The third-order valence-electron chi connectivity index (χ3n) is 4.77. The van der Waals surface area contributed by atoms with E-state index in [2.05, 4.69) is 16.0 Å². The van der Waals surface area contributed by atoms with Crippen molar-refractivity contribution in [3.63, 3.8) is 0 Å². The fourth-order valence-corrected chi connectivity index (χ4v) is 2.84. The van der Waals surface area contributed by atoms with Crippen LogP contribution in [0.4, 0.5) is 0 Å². The number of unbranched alkanes of at least 4 members (excludes halogenated alkanes) is 1. The monoisotopic (exact) mass is 451 g/mol. The van der Waals surface area contributed by atoms with Crippen LogP contribution in [-0.2, 0) is 25.6 Å². The Balaban J connectivity index is 2.63. The summed E-state index contributed by atoms with van der Waals surface area (Å²) in [5, 5.41) is 26.0. The Hall–Kier alpha value is -3.02. The SMILES string of the molecule is CC(NC(=O)C(N)CCCCN)C(=O)NC(CO)C(=O)NC(Cc1ccccc1)C(=O)O. The van der Waals surface area contributed by atoms with E-state index in [1.807, 2.05) is 0 Å². The molecule has 0 radical (unpaired) electrons. The zero-order valence-corrected chi connectivity index (χ0v) is 18.1. The molecule has 4 atom stereocenters. The van der Waals surface area contributed by atoms with Gasteiger partial charge in [-0.15, -0.1) is 0 Å². The summed E-state index contributed by atoms with van der Waals surface area (Å²) in [5.74, 6) is -3.37. The van der Waals surface area contributed by atoms with E-state index in [-0.39, 0.29) is 6.42 Å². The number of hydrogen-bond acceptors (Lipinski definition) is 7. The van der Waals surface area contributed by atoms with Gasteiger partial charge in [0.25, 0.3) is 0 Å². The van der Waals surface area contributed by atoms with Crippen molar-refractivity contribution in [2.24, 2.45) is 11.5 Å². The van der Waals surface area contributed by atoms with Crippen molar-refractivity contribution in [2.75, 3.05) is 13.2 Å². The number of hydrogen-bond donors (Lipinski definition) is 7. The first-order chi connectivity index (χ1) is 15.2. The second-order valence-electron chi connectivity index (χ2n) is 7.45. The zero-order chi connectivity index (χ0) is 24.1. The first-order valence-corrected chi connectivity index (χ1v) is 10.4. The highest BCUT2D eigenvalue weighted by Crippen LogP contribution is 2.04. The number of aliphatic hydroxyl groups is 1. The zero-order valence-electron chi connectivity index (χ0n) is 18.1. The van der Waals surface area contributed by atoms with Crippen LogP contribution in [0.15, 0.2) is 30.3 Å². The van der Waals surface area contributed by atoms with Crippen molar-refractivity contribution in [2.45, 2.75) is 56.8 Å². The number of amides is 3. The van der Waals surface area contributed by atoms with Gasteiger partial charge in [-0.05, 0) is 31.9 Å². The number of benzene rings is 1. The lowest BCUT2D eigenvalue weighted by atomic mass is 10.1. The molecule has 4 unspecified atom stereocenters.